The van der Waals surface area contributed by atoms with Crippen LogP contribution in [-0.2, 0) is 0 Å². The third-order valence-corrected chi connectivity index (χ3v) is 4.23. The molecule has 18 heavy (non-hydrogen) atoms. The van der Waals surface area contributed by atoms with E-state index in [0.717, 1.165) is 30.3 Å². The maximum Gasteiger partial charge on any atom is 0.129 e. The van der Waals surface area contributed by atoms with Crippen molar-refractivity contribution in [2.45, 2.75) is 38.3 Å². The number of rotatable bonds is 4. The second kappa shape index (κ2) is 6.13. The number of aliphatic hydroxyl groups is 1. The van der Waals surface area contributed by atoms with Gasteiger partial charge < -0.3 is 10.4 Å². The molecule has 0 bridgehead atoms. The zero-order valence-corrected chi connectivity index (χ0v) is 12.1. The smallest absolute Gasteiger partial charge is 0.129 e. The summed E-state index contributed by atoms with van der Waals surface area (Å²) >= 11 is 3.25. The summed E-state index contributed by atoms with van der Waals surface area (Å²) < 4.78 is 14.5. The van der Waals surface area contributed by atoms with Crippen molar-refractivity contribution in [3.8, 4) is 0 Å². The first-order valence-electron chi connectivity index (χ1n) is 6.44. The molecule has 100 valence electrons. The van der Waals surface area contributed by atoms with Crippen molar-refractivity contribution in [3.63, 3.8) is 0 Å². The zero-order chi connectivity index (χ0) is 13.1. The van der Waals surface area contributed by atoms with Gasteiger partial charge in [-0.1, -0.05) is 28.4 Å². The topological polar surface area (TPSA) is 32.3 Å². The van der Waals surface area contributed by atoms with Gasteiger partial charge in [-0.05, 0) is 37.8 Å². The van der Waals surface area contributed by atoms with Crippen LogP contribution in [0.1, 0.15) is 37.8 Å². The van der Waals surface area contributed by atoms with E-state index in [1.807, 2.05) is 13.0 Å². The highest BCUT2D eigenvalue weighted by molar-refractivity contribution is 9.10. The summed E-state index contributed by atoms with van der Waals surface area (Å²) in [5.74, 6) is 0.113. The Labute approximate surface area is 116 Å². The first-order chi connectivity index (χ1) is 8.58. The van der Waals surface area contributed by atoms with E-state index in [1.54, 1.807) is 6.07 Å². The fourth-order valence-corrected chi connectivity index (χ4v) is 2.88. The van der Waals surface area contributed by atoms with Gasteiger partial charge in [0.2, 0.25) is 0 Å². The molecule has 2 N–H and O–H groups in total. The molecule has 0 radical (unpaired) electrons. The van der Waals surface area contributed by atoms with Gasteiger partial charge >= 0.3 is 0 Å². The lowest BCUT2D eigenvalue weighted by Gasteiger charge is -2.20. The highest BCUT2D eigenvalue weighted by Gasteiger charge is 2.25. The van der Waals surface area contributed by atoms with Crippen LogP contribution < -0.4 is 5.32 Å². The summed E-state index contributed by atoms with van der Waals surface area (Å²) in [5.41, 5.74) is 0.672. The van der Waals surface area contributed by atoms with E-state index in [-0.39, 0.29) is 18.0 Å². The van der Waals surface area contributed by atoms with Gasteiger partial charge in [0.25, 0.3) is 0 Å². The van der Waals surface area contributed by atoms with Crippen molar-refractivity contribution >= 4 is 15.9 Å². The van der Waals surface area contributed by atoms with Gasteiger partial charge in [0, 0.05) is 22.6 Å². The molecule has 1 aromatic rings. The molecule has 1 aliphatic rings. The Bertz CT molecular complexity index is 413. The van der Waals surface area contributed by atoms with Crippen LogP contribution in [0.3, 0.4) is 0 Å². The molecule has 1 saturated carbocycles. The molecule has 1 aliphatic carbocycles. The Balaban J connectivity index is 1.93. The lowest BCUT2D eigenvalue weighted by molar-refractivity contribution is 0.130. The van der Waals surface area contributed by atoms with Gasteiger partial charge in [-0.25, -0.2) is 4.39 Å². The molecule has 3 atom stereocenters. The van der Waals surface area contributed by atoms with E-state index in [0.29, 0.717) is 11.5 Å². The predicted molar refractivity (Wildman–Crippen MR) is 73.9 cm³/mol. The minimum Gasteiger partial charge on any atom is -0.393 e. The molecule has 0 aromatic heterocycles. The second-order valence-electron chi connectivity index (χ2n) is 5.05. The monoisotopic (exact) mass is 315 g/mol. The maximum absolute atomic E-state index is 13.8. The number of benzene rings is 1. The van der Waals surface area contributed by atoms with Gasteiger partial charge in [0.05, 0.1) is 6.10 Å². The molecule has 4 heteroatoms. The molecule has 1 aromatic carbocycles. The summed E-state index contributed by atoms with van der Waals surface area (Å²) in [6.07, 6.45) is 2.85. The molecule has 0 heterocycles. The average Bonchev–Trinajstić information content (AvgIpc) is 2.72. The highest BCUT2D eigenvalue weighted by Crippen LogP contribution is 2.26. The van der Waals surface area contributed by atoms with E-state index in [9.17, 15) is 9.50 Å². The van der Waals surface area contributed by atoms with E-state index >= 15 is 0 Å². The fraction of sp³-hybridized carbons (Fsp3) is 0.571. The zero-order valence-electron chi connectivity index (χ0n) is 10.5. The average molecular weight is 316 g/mol. The van der Waals surface area contributed by atoms with E-state index in [2.05, 4.69) is 21.2 Å². The van der Waals surface area contributed by atoms with Crippen LogP contribution in [0.25, 0.3) is 0 Å². The number of aliphatic hydroxyl groups excluding tert-OH is 1. The number of hydrogen-bond donors (Lipinski definition) is 2. The van der Waals surface area contributed by atoms with Crippen LogP contribution in [0, 0.1) is 11.7 Å². The standard InChI is InChI=1S/C14H19BrFNO/c1-9(12-6-5-11(15)7-13(12)16)17-8-10-3-2-4-14(10)18/h5-7,9-10,14,17-18H,2-4,8H2,1H3. The summed E-state index contributed by atoms with van der Waals surface area (Å²) in [6.45, 7) is 2.70. The van der Waals surface area contributed by atoms with Gasteiger partial charge in [0.15, 0.2) is 0 Å². The molecular formula is C14H19BrFNO. The Morgan fingerprint density at radius 3 is 2.89 bits per heavy atom. The number of nitrogens with one attached hydrogen (secondary N) is 1. The minimum atomic E-state index is -0.198. The first-order valence-corrected chi connectivity index (χ1v) is 7.23. The molecule has 2 rings (SSSR count). The summed E-state index contributed by atoms with van der Waals surface area (Å²) in [7, 11) is 0. The molecule has 1 fully saturated rings. The fourth-order valence-electron chi connectivity index (χ4n) is 2.55. The van der Waals surface area contributed by atoms with Gasteiger partial charge in [0.1, 0.15) is 5.82 Å². The summed E-state index contributed by atoms with van der Waals surface area (Å²) in [5, 5.41) is 13.1. The van der Waals surface area contributed by atoms with Crippen LogP contribution in [-0.4, -0.2) is 17.8 Å². The Kier molecular flexibility index (Phi) is 4.76. The van der Waals surface area contributed by atoms with E-state index < -0.39 is 0 Å². The Morgan fingerprint density at radius 1 is 1.50 bits per heavy atom. The van der Waals surface area contributed by atoms with E-state index in [1.165, 1.54) is 6.07 Å². The van der Waals surface area contributed by atoms with Crippen molar-refractivity contribution in [1.29, 1.82) is 0 Å². The van der Waals surface area contributed by atoms with Gasteiger partial charge in [-0.15, -0.1) is 0 Å². The largest absolute Gasteiger partial charge is 0.393 e. The summed E-state index contributed by atoms with van der Waals surface area (Å²) in [6, 6.07) is 5.09. The first kappa shape index (κ1) is 14.0. The second-order valence-corrected chi connectivity index (χ2v) is 5.97. The van der Waals surface area contributed by atoms with Crippen LogP contribution in [0.5, 0.6) is 0 Å². The van der Waals surface area contributed by atoms with Crippen LogP contribution >= 0.6 is 15.9 Å². The molecule has 3 unspecified atom stereocenters. The third kappa shape index (κ3) is 3.31. The van der Waals surface area contributed by atoms with Crippen LogP contribution in [0.15, 0.2) is 22.7 Å². The number of halogens is 2. The lowest BCUT2D eigenvalue weighted by atomic mass is 10.0. The molecule has 2 nitrogen and oxygen atoms in total. The van der Waals surface area contributed by atoms with Crippen molar-refractivity contribution in [1.82, 2.24) is 5.32 Å². The molecule has 0 saturated heterocycles. The molecule has 0 spiro atoms. The van der Waals surface area contributed by atoms with Crippen molar-refractivity contribution in [2.75, 3.05) is 6.54 Å². The SMILES string of the molecule is CC(NCC1CCCC1O)c1ccc(Br)cc1F. The quantitative estimate of drug-likeness (QED) is 0.892. The molecule has 0 aliphatic heterocycles. The molecule has 0 amide bonds. The van der Waals surface area contributed by atoms with Crippen LogP contribution in [0.2, 0.25) is 0 Å². The van der Waals surface area contributed by atoms with Crippen molar-refractivity contribution in [2.24, 2.45) is 5.92 Å². The summed E-state index contributed by atoms with van der Waals surface area (Å²) in [4.78, 5) is 0. The normalized spacial score (nSPS) is 25.3. The minimum absolute atomic E-state index is 0.0362. The highest BCUT2D eigenvalue weighted by atomic mass is 79.9. The van der Waals surface area contributed by atoms with Crippen molar-refractivity contribution in [3.05, 3.63) is 34.1 Å². The van der Waals surface area contributed by atoms with E-state index in [4.69, 9.17) is 0 Å². The number of hydrogen-bond acceptors (Lipinski definition) is 2. The molecular weight excluding hydrogens is 297 g/mol. The van der Waals surface area contributed by atoms with Gasteiger partial charge in [-0.3, -0.25) is 0 Å². The Morgan fingerprint density at radius 2 is 2.28 bits per heavy atom. The third-order valence-electron chi connectivity index (χ3n) is 3.73. The van der Waals surface area contributed by atoms with Crippen molar-refractivity contribution < 1.29 is 9.50 Å². The van der Waals surface area contributed by atoms with Crippen LogP contribution in [0.4, 0.5) is 4.39 Å². The van der Waals surface area contributed by atoms with Gasteiger partial charge in [-0.2, -0.15) is 0 Å². The predicted octanol–water partition coefficient (Wildman–Crippen LogP) is 3.40. The Hall–Kier alpha value is -0.450. The maximum atomic E-state index is 13.8. The lowest BCUT2D eigenvalue weighted by Crippen LogP contribution is -2.30.